The van der Waals surface area contributed by atoms with Crippen molar-refractivity contribution < 1.29 is 27.9 Å². The molecule has 0 bridgehead atoms. The Morgan fingerprint density at radius 2 is 2.03 bits per heavy atom. The molecule has 210 valence electrons. The Labute approximate surface area is 226 Å². The smallest absolute Gasteiger partial charge is 0.413 e. The number of carbonyl (C=O) groups excluding carboxylic acids is 2. The Morgan fingerprint density at radius 3 is 2.69 bits per heavy atom. The molecule has 4 atom stereocenters. The van der Waals surface area contributed by atoms with Gasteiger partial charge < -0.3 is 19.0 Å². The second-order valence-corrected chi connectivity index (χ2v) is 11.6. The third-order valence-electron chi connectivity index (χ3n) is 6.08. The van der Waals surface area contributed by atoms with E-state index in [9.17, 15) is 14.2 Å². The predicted molar refractivity (Wildman–Crippen MR) is 146 cm³/mol. The predicted octanol–water partition coefficient (Wildman–Crippen LogP) is 3.40. The van der Waals surface area contributed by atoms with Crippen LogP contribution in [0, 0.1) is 11.8 Å². The van der Waals surface area contributed by atoms with Crippen LogP contribution in [0.15, 0.2) is 36.7 Å². The second kappa shape index (κ2) is 12.2. The van der Waals surface area contributed by atoms with E-state index in [0.717, 1.165) is 0 Å². The molecule has 0 spiro atoms. The van der Waals surface area contributed by atoms with E-state index in [-0.39, 0.29) is 36.8 Å². The Kier molecular flexibility index (Phi) is 8.96. The van der Waals surface area contributed by atoms with E-state index in [1.807, 2.05) is 25.6 Å². The van der Waals surface area contributed by atoms with Gasteiger partial charge in [-0.25, -0.2) is 14.6 Å². The SMILES string of the molecule is CC(C)C(=O)Nc1nc(N(C)C)c2ncn([C@@H]3O[C@H](COP(=O)(NCC=O)Oc4ccccc4)C[C@@H]3C)c2n1. The minimum atomic E-state index is -3.84. The van der Waals surface area contributed by atoms with E-state index in [4.69, 9.17) is 13.8 Å². The largest absolute Gasteiger partial charge is 0.459 e. The van der Waals surface area contributed by atoms with E-state index >= 15 is 0 Å². The van der Waals surface area contributed by atoms with Gasteiger partial charge in [-0.15, -0.1) is 0 Å². The monoisotopic (exact) mass is 559 g/mol. The number of nitrogens with one attached hydrogen (secondary N) is 2. The standard InChI is InChI=1S/C25H34N7O6P/c1-16(2)23(34)30-25-28-21(31(4)5)20-22(29-25)32(15-26-20)24-17(3)13-19(37-24)14-36-39(35,27-11-12-33)38-18-9-7-6-8-10-18/h6-10,12,15-17,19,24H,11,13-14H2,1-5H3,(H,27,35)(H,28,29,30,34)/t17-,19-,24+,39?/m0/s1. The van der Waals surface area contributed by atoms with Gasteiger partial charge in [0, 0.05) is 25.9 Å². The molecule has 3 heterocycles. The van der Waals surface area contributed by atoms with Crippen LogP contribution in [0.1, 0.15) is 33.4 Å². The second-order valence-electron chi connectivity index (χ2n) is 9.82. The molecule has 1 saturated heterocycles. The molecule has 4 rings (SSSR count). The summed E-state index contributed by atoms with van der Waals surface area (Å²) in [4.78, 5) is 38.6. The Balaban J connectivity index is 1.53. The summed E-state index contributed by atoms with van der Waals surface area (Å²) in [5.41, 5.74) is 1.08. The van der Waals surface area contributed by atoms with Crippen molar-refractivity contribution in [1.82, 2.24) is 24.6 Å². The number of hydrogen-bond donors (Lipinski definition) is 2. The zero-order chi connectivity index (χ0) is 28.2. The van der Waals surface area contributed by atoms with Gasteiger partial charge in [-0.2, -0.15) is 9.97 Å². The van der Waals surface area contributed by atoms with Crippen molar-refractivity contribution in [1.29, 1.82) is 0 Å². The number of benzene rings is 1. The first-order chi connectivity index (χ1) is 18.6. The molecule has 1 unspecified atom stereocenters. The molecule has 14 heteroatoms. The maximum atomic E-state index is 13.3. The zero-order valence-corrected chi connectivity index (χ0v) is 23.5. The molecule has 2 N–H and O–H groups in total. The fourth-order valence-corrected chi connectivity index (χ4v) is 5.40. The van der Waals surface area contributed by atoms with Gasteiger partial charge in [0.05, 0.1) is 25.6 Å². The van der Waals surface area contributed by atoms with E-state index in [1.165, 1.54) is 0 Å². The number of carbonyl (C=O) groups is 2. The van der Waals surface area contributed by atoms with Crippen LogP contribution in [-0.2, 0) is 23.4 Å². The molecule has 0 radical (unpaired) electrons. The van der Waals surface area contributed by atoms with Gasteiger partial charge >= 0.3 is 7.75 Å². The Bertz CT molecular complexity index is 1350. The van der Waals surface area contributed by atoms with Crippen LogP contribution in [0.3, 0.4) is 0 Å². The van der Waals surface area contributed by atoms with Crippen LogP contribution in [0.5, 0.6) is 5.75 Å². The van der Waals surface area contributed by atoms with Crippen LogP contribution in [0.25, 0.3) is 11.2 Å². The Hall–Kier alpha value is -3.38. The molecular formula is C25H34N7O6P. The number of nitrogens with zero attached hydrogens (tertiary/aromatic N) is 5. The number of aldehydes is 1. The lowest BCUT2D eigenvalue weighted by Crippen LogP contribution is -2.23. The van der Waals surface area contributed by atoms with Gasteiger partial charge in [0.15, 0.2) is 17.0 Å². The first kappa shape index (κ1) is 28.6. The van der Waals surface area contributed by atoms with E-state index < -0.39 is 20.1 Å². The van der Waals surface area contributed by atoms with Crippen LogP contribution in [-0.4, -0.2) is 65.1 Å². The number of ether oxygens (including phenoxy) is 1. The molecule has 1 fully saturated rings. The molecule has 0 aliphatic carbocycles. The third kappa shape index (κ3) is 6.80. The molecule has 2 aromatic heterocycles. The number of amides is 1. The first-order valence-electron chi connectivity index (χ1n) is 12.7. The number of anilines is 2. The summed E-state index contributed by atoms with van der Waals surface area (Å²) in [5.74, 6) is 0.678. The number of rotatable bonds is 12. The number of para-hydroxylation sites is 1. The van der Waals surface area contributed by atoms with Crippen LogP contribution >= 0.6 is 7.75 Å². The summed E-state index contributed by atoms with van der Waals surface area (Å²) in [6, 6.07) is 8.58. The first-order valence-corrected chi connectivity index (χ1v) is 14.2. The zero-order valence-electron chi connectivity index (χ0n) is 22.6. The molecule has 1 aromatic carbocycles. The summed E-state index contributed by atoms with van der Waals surface area (Å²) in [6.07, 6.45) is 1.97. The van der Waals surface area contributed by atoms with Gasteiger partial charge in [-0.1, -0.05) is 39.0 Å². The molecule has 0 saturated carbocycles. The van der Waals surface area contributed by atoms with E-state index in [0.29, 0.717) is 35.4 Å². The summed E-state index contributed by atoms with van der Waals surface area (Å²) >= 11 is 0. The number of fused-ring (bicyclic) bond motifs is 1. The van der Waals surface area contributed by atoms with Gasteiger partial charge in [0.2, 0.25) is 11.9 Å². The maximum Gasteiger partial charge on any atom is 0.459 e. The van der Waals surface area contributed by atoms with Crippen LogP contribution < -0.4 is 19.8 Å². The molecule has 1 amide bonds. The lowest BCUT2D eigenvalue weighted by molar-refractivity contribution is -0.119. The maximum absolute atomic E-state index is 13.3. The molecule has 1 aliphatic heterocycles. The van der Waals surface area contributed by atoms with Crippen LogP contribution in [0.4, 0.5) is 11.8 Å². The van der Waals surface area contributed by atoms with Gasteiger partial charge in [-0.3, -0.25) is 19.2 Å². The fraction of sp³-hybridized carbons (Fsp3) is 0.480. The number of hydrogen-bond acceptors (Lipinski definition) is 10. The molecule has 1 aliphatic rings. The van der Waals surface area contributed by atoms with Crippen molar-refractivity contribution in [2.45, 2.75) is 39.5 Å². The van der Waals surface area contributed by atoms with Crippen molar-refractivity contribution >= 4 is 42.9 Å². The van der Waals surface area contributed by atoms with Gasteiger partial charge in [-0.05, 0) is 18.6 Å². The number of aromatic nitrogens is 4. The summed E-state index contributed by atoms with van der Waals surface area (Å²) in [6.45, 7) is 5.38. The fourth-order valence-electron chi connectivity index (χ4n) is 4.13. The highest BCUT2D eigenvalue weighted by Gasteiger charge is 2.37. The lowest BCUT2D eigenvalue weighted by atomic mass is 10.1. The van der Waals surface area contributed by atoms with Crippen molar-refractivity contribution in [3.05, 3.63) is 36.7 Å². The highest BCUT2D eigenvalue weighted by Crippen LogP contribution is 2.45. The highest BCUT2D eigenvalue weighted by atomic mass is 31.2. The average Bonchev–Trinajstić information content (AvgIpc) is 3.49. The normalized spacial score (nSPS) is 20.6. The topological polar surface area (TPSA) is 150 Å². The van der Waals surface area contributed by atoms with Crippen molar-refractivity contribution in [2.75, 3.05) is 37.5 Å². The quantitative estimate of drug-likeness (QED) is 0.248. The average molecular weight is 560 g/mol. The third-order valence-corrected chi connectivity index (χ3v) is 7.59. The van der Waals surface area contributed by atoms with Crippen molar-refractivity contribution in [3.63, 3.8) is 0 Å². The highest BCUT2D eigenvalue weighted by molar-refractivity contribution is 7.52. The number of imidazole rings is 1. The molecule has 3 aromatic rings. The molecular weight excluding hydrogens is 525 g/mol. The van der Waals surface area contributed by atoms with Crippen molar-refractivity contribution in [2.24, 2.45) is 11.8 Å². The van der Waals surface area contributed by atoms with Crippen molar-refractivity contribution in [3.8, 4) is 5.75 Å². The van der Waals surface area contributed by atoms with E-state index in [1.54, 1.807) is 55.4 Å². The lowest BCUT2D eigenvalue weighted by Gasteiger charge is -2.21. The summed E-state index contributed by atoms with van der Waals surface area (Å²) in [5, 5.41) is 5.32. The van der Waals surface area contributed by atoms with E-state index in [2.05, 4.69) is 25.4 Å². The molecule has 13 nitrogen and oxygen atoms in total. The summed E-state index contributed by atoms with van der Waals surface area (Å²) in [7, 11) is -0.164. The van der Waals surface area contributed by atoms with Gasteiger partial charge in [0.25, 0.3) is 0 Å². The molecule has 39 heavy (non-hydrogen) atoms. The van der Waals surface area contributed by atoms with Gasteiger partial charge in [0.1, 0.15) is 18.3 Å². The Morgan fingerprint density at radius 1 is 1.28 bits per heavy atom. The minimum absolute atomic E-state index is 0.0276. The minimum Gasteiger partial charge on any atom is -0.413 e. The summed E-state index contributed by atoms with van der Waals surface area (Å²) < 4.78 is 32.7. The van der Waals surface area contributed by atoms with Crippen LogP contribution in [0.2, 0.25) is 0 Å².